The van der Waals surface area contributed by atoms with Crippen LogP contribution in [0.4, 0.5) is 5.69 Å². The van der Waals surface area contributed by atoms with Gasteiger partial charge in [-0.05, 0) is 61.8 Å². The van der Waals surface area contributed by atoms with Gasteiger partial charge in [0.1, 0.15) is 9.86 Å². The Bertz CT molecular complexity index is 988. The highest BCUT2D eigenvalue weighted by Gasteiger charge is 2.21. The number of carbonyl (C=O) groups is 1. The first-order valence-corrected chi connectivity index (χ1v) is 12.5. The minimum Gasteiger partial charge on any atom is -0.325 e. The summed E-state index contributed by atoms with van der Waals surface area (Å²) in [7, 11) is 0. The summed E-state index contributed by atoms with van der Waals surface area (Å²) in [6.07, 6.45) is 6.69. The van der Waals surface area contributed by atoms with Crippen LogP contribution in [0.2, 0.25) is 0 Å². The highest BCUT2D eigenvalue weighted by Crippen LogP contribution is 2.40. The number of anilines is 1. The van der Waals surface area contributed by atoms with E-state index in [1.807, 2.05) is 30.5 Å². The maximum Gasteiger partial charge on any atom is 0.234 e. The number of hydrogen-bond acceptors (Lipinski definition) is 6. The molecule has 1 N–H and O–H groups in total. The second-order valence-electron chi connectivity index (χ2n) is 6.25. The maximum absolute atomic E-state index is 12.4. The third kappa shape index (κ3) is 4.34. The van der Waals surface area contributed by atoms with Crippen LogP contribution in [0.5, 0.6) is 0 Å². The van der Waals surface area contributed by atoms with E-state index >= 15 is 0 Å². The van der Waals surface area contributed by atoms with Crippen molar-refractivity contribution in [3.8, 4) is 0 Å². The van der Waals surface area contributed by atoms with Gasteiger partial charge in [0.25, 0.3) is 0 Å². The Morgan fingerprint density at radius 3 is 2.78 bits per heavy atom. The topological polar surface area (TPSA) is 54.9 Å². The summed E-state index contributed by atoms with van der Waals surface area (Å²) >= 11 is 8.26. The molecule has 1 amide bonds. The number of aryl methyl sites for hydroxylation is 2. The van der Waals surface area contributed by atoms with Crippen molar-refractivity contribution in [2.75, 3.05) is 17.3 Å². The number of benzene rings is 1. The Morgan fingerprint density at radius 1 is 1.22 bits per heavy atom. The highest BCUT2D eigenvalue weighted by atomic mass is 79.9. The van der Waals surface area contributed by atoms with Gasteiger partial charge < -0.3 is 5.32 Å². The van der Waals surface area contributed by atoms with E-state index in [2.05, 4.69) is 21.2 Å². The van der Waals surface area contributed by atoms with E-state index in [-0.39, 0.29) is 5.91 Å². The molecule has 0 fully saturated rings. The van der Waals surface area contributed by atoms with Crippen LogP contribution in [0.15, 0.2) is 38.9 Å². The van der Waals surface area contributed by atoms with Crippen molar-refractivity contribution in [3.63, 3.8) is 0 Å². The van der Waals surface area contributed by atoms with Gasteiger partial charge in [-0.15, -0.1) is 11.3 Å². The molecule has 0 atom stereocenters. The van der Waals surface area contributed by atoms with Crippen molar-refractivity contribution in [2.45, 2.75) is 35.9 Å². The Kier molecular flexibility index (Phi) is 6.06. The molecule has 2 aromatic heterocycles. The lowest BCUT2D eigenvalue weighted by molar-refractivity contribution is -0.113. The van der Waals surface area contributed by atoms with E-state index < -0.39 is 0 Å². The lowest BCUT2D eigenvalue weighted by atomic mass is 9.97. The summed E-state index contributed by atoms with van der Waals surface area (Å²) in [5.41, 5.74) is 2.21. The van der Waals surface area contributed by atoms with Crippen LogP contribution in [-0.2, 0) is 17.6 Å². The Balaban J connectivity index is 1.56. The molecule has 0 unspecified atom stereocenters. The number of thioether (sulfide) groups is 2. The standard InChI is InChI=1S/C19H18BrN3OS3/c1-25-19-22-17(16-13-4-2-3-5-14(13)27-18(16)23-19)26-10-15(24)21-12-8-6-11(20)7-9-12/h6-9H,2-5,10H2,1H3,(H,21,24). The molecule has 0 spiro atoms. The molecule has 1 aliphatic carbocycles. The van der Waals surface area contributed by atoms with Crippen LogP contribution in [0.25, 0.3) is 10.2 Å². The van der Waals surface area contributed by atoms with Gasteiger partial charge in [-0.1, -0.05) is 39.5 Å². The summed E-state index contributed by atoms with van der Waals surface area (Å²) in [5.74, 6) is 0.310. The number of fused-ring (bicyclic) bond motifs is 3. The minimum absolute atomic E-state index is 0.0242. The smallest absolute Gasteiger partial charge is 0.234 e. The normalized spacial score (nSPS) is 13.6. The van der Waals surface area contributed by atoms with Crippen molar-refractivity contribution in [2.24, 2.45) is 0 Å². The molecule has 2 heterocycles. The summed E-state index contributed by atoms with van der Waals surface area (Å²) < 4.78 is 0.991. The third-order valence-corrected chi connectivity index (χ3v) is 7.65. The number of nitrogens with zero attached hydrogens (tertiary/aromatic N) is 2. The van der Waals surface area contributed by atoms with Gasteiger partial charge in [0, 0.05) is 20.4 Å². The first-order valence-electron chi connectivity index (χ1n) is 8.68. The van der Waals surface area contributed by atoms with Crippen LogP contribution in [0.3, 0.4) is 0 Å². The molecule has 1 aromatic carbocycles. The van der Waals surface area contributed by atoms with E-state index in [0.717, 1.165) is 38.0 Å². The number of amides is 1. The molecule has 0 bridgehead atoms. The summed E-state index contributed by atoms with van der Waals surface area (Å²) in [6, 6.07) is 7.60. The van der Waals surface area contributed by atoms with Crippen molar-refractivity contribution in [1.82, 2.24) is 9.97 Å². The second kappa shape index (κ2) is 8.51. The van der Waals surface area contributed by atoms with Crippen LogP contribution in [-0.4, -0.2) is 27.9 Å². The first kappa shape index (κ1) is 19.2. The van der Waals surface area contributed by atoms with Gasteiger partial charge in [-0.25, -0.2) is 9.97 Å². The van der Waals surface area contributed by atoms with Crippen molar-refractivity contribution >= 4 is 72.6 Å². The Labute approximate surface area is 179 Å². The molecule has 0 saturated carbocycles. The fourth-order valence-corrected chi connectivity index (χ4v) is 6.09. The number of halogens is 1. The Morgan fingerprint density at radius 2 is 2.00 bits per heavy atom. The molecular formula is C19H18BrN3OS3. The number of rotatable bonds is 5. The molecule has 1 aliphatic rings. The van der Waals surface area contributed by atoms with Crippen LogP contribution >= 0.6 is 50.8 Å². The second-order valence-corrected chi connectivity index (χ2v) is 9.99. The van der Waals surface area contributed by atoms with Gasteiger partial charge in [0.2, 0.25) is 5.91 Å². The van der Waals surface area contributed by atoms with Gasteiger partial charge >= 0.3 is 0 Å². The quantitative estimate of drug-likeness (QED) is 0.285. The summed E-state index contributed by atoms with van der Waals surface area (Å²) in [5, 5.41) is 5.83. The third-order valence-electron chi connectivity index (χ3n) is 4.41. The molecule has 4 nitrogen and oxygen atoms in total. The fourth-order valence-electron chi connectivity index (χ4n) is 3.17. The fraction of sp³-hybridized carbons (Fsp3) is 0.316. The first-order chi connectivity index (χ1) is 13.1. The number of thiophene rings is 1. The monoisotopic (exact) mass is 479 g/mol. The lowest BCUT2D eigenvalue weighted by Crippen LogP contribution is -2.14. The average molecular weight is 480 g/mol. The molecular weight excluding hydrogens is 462 g/mol. The molecule has 27 heavy (non-hydrogen) atoms. The molecule has 4 rings (SSSR count). The molecule has 3 aromatic rings. The zero-order chi connectivity index (χ0) is 18.8. The zero-order valence-corrected chi connectivity index (χ0v) is 18.8. The largest absolute Gasteiger partial charge is 0.325 e. The van der Waals surface area contributed by atoms with E-state index in [4.69, 9.17) is 9.97 Å². The van der Waals surface area contributed by atoms with Gasteiger partial charge in [-0.2, -0.15) is 0 Å². The van der Waals surface area contributed by atoms with E-state index in [1.54, 1.807) is 23.1 Å². The van der Waals surface area contributed by atoms with E-state index in [0.29, 0.717) is 5.75 Å². The SMILES string of the molecule is CSc1nc(SCC(=O)Nc2ccc(Br)cc2)c2c3c(sc2n1)CCCC3. The van der Waals surface area contributed by atoms with Crippen molar-refractivity contribution < 1.29 is 4.79 Å². The highest BCUT2D eigenvalue weighted by molar-refractivity contribution is 9.10. The van der Waals surface area contributed by atoms with Crippen LogP contribution < -0.4 is 5.32 Å². The number of hydrogen-bond donors (Lipinski definition) is 1. The lowest BCUT2D eigenvalue weighted by Gasteiger charge is -2.12. The van der Waals surface area contributed by atoms with Crippen molar-refractivity contribution in [3.05, 3.63) is 39.2 Å². The summed E-state index contributed by atoms with van der Waals surface area (Å²) in [6.45, 7) is 0. The molecule has 140 valence electrons. The Hall–Kier alpha value is -1.09. The zero-order valence-electron chi connectivity index (χ0n) is 14.8. The maximum atomic E-state index is 12.4. The van der Waals surface area contributed by atoms with Gasteiger partial charge in [0.05, 0.1) is 5.75 Å². The van der Waals surface area contributed by atoms with E-state index in [1.165, 1.54) is 40.4 Å². The molecule has 8 heteroatoms. The predicted molar refractivity (Wildman–Crippen MR) is 119 cm³/mol. The number of nitrogens with one attached hydrogen (secondary N) is 1. The van der Waals surface area contributed by atoms with Crippen LogP contribution in [0.1, 0.15) is 23.3 Å². The molecule has 0 radical (unpaired) electrons. The van der Waals surface area contributed by atoms with Gasteiger partial charge in [0.15, 0.2) is 5.16 Å². The minimum atomic E-state index is -0.0242. The predicted octanol–water partition coefficient (Wildman–Crippen LogP) is 5.79. The summed E-state index contributed by atoms with van der Waals surface area (Å²) in [4.78, 5) is 24.4. The number of aromatic nitrogens is 2. The average Bonchev–Trinajstić information content (AvgIpc) is 3.06. The molecule has 0 saturated heterocycles. The van der Waals surface area contributed by atoms with Crippen LogP contribution in [0, 0.1) is 0 Å². The van der Waals surface area contributed by atoms with E-state index in [9.17, 15) is 4.79 Å². The van der Waals surface area contributed by atoms with Gasteiger partial charge in [-0.3, -0.25) is 4.79 Å². The molecule has 0 aliphatic heterocycles. The van der Waals surface area contributed by atoms with Crippen molar-refractivity contribution in [1.29, 1.82) is 0 Å². The number of carbonyl (C=O) groups excluding carboxylic acids is 1.